The summed E-state index contributed by atoms with van der Waals surface area (Å²) in [5, 5.41) is 2.73. The maximum atomic E-state index is 6.29. The van der Waals surface area contributed by atoms with Gasteiger partial charge in [-0.05, 0) is 62.0 Å². The lowest BCUT2D eigenvalue weighted by Crippen LogP contribution is -2.21. The molecule has 1 saturated heterocycles. The number of fused-ring (bicyclic) bond motifs is 3. The second kappa shape index (κ2) is 8.96. The first-order valence-corrected chi connectivity index (χ1v) is 11.1. The first-order chi connectivity index (χ1) is 15.7. The number of methoxy groups -OCH3 is 1. The molecule has 164 valence electrons. The lowest BCUT2D eigenvalue weighted by molar-refractivity contribution is 0.254. The fraction of sp³-hybridized carbons (Fsp3) is 0.320. The Bertz CT molecular complexity index is 1240. The lowest BCUT2D eigenvalue weighted by Gasteiger charge is -2.16. The van der Waals surface area contributed by atoms with Gasteiger partial charge in [0.2, 0.25) is 0 Å². The Labute approximate surface area is 187 Å². The Kier molecular flexibility index (Phi) is 5.73. The molecule has 7 nitrogen and oxygen atoms in total. The number of aromatic nitrogens is 3. The molecule has 0 unspecified atom stereocenters. The van der Waals surface area contributed by atoms with Gasteiger partial charge in [0.15, 0.2) is 11.5 Å². The van der Waals surface area contributed by atoms with Crippen LogP contribution in [0.5, 0.6) is 11.5 Å². The van der Waals surface area contributed by atoms with Crippen molar-refractivity contribution in [1.29, 1.82) is 0 Å². The number of hydrogen-bond acceptors (Lipinski definition) is 7. The number of likely N-dealkylation sites (tertiary alicyclic amines) is 1. The van der Waals surface area contributed by atoms with Gasteiger partial charge in [-0.1, -0.05) is 0 Å². The smallest absolute Gasteiger partial charge is 0.163 e. The van der Waals surface area contributed by atoms with Crippen LogP contribution in [0.1, 0.15) is 19.3 Å². The molecule has 1 aliphatic rings. The summed E-state index contributed by atoms with van der Waals surface area (Å²) in [5.74, 6) is 1.84. The Morgan fingerprint density at radius 2 is 1.91 bits per heavy atom. The van der Waals surface area contributed by atoms with Gasteiger partial charge in [0.25, 0.3) is 0 Å². The number of nitrogens with zero attached hydrogens (tertiary/aromatic N) is 4. The molecule has 5 rings (SSSR count). The predicted octanol–water partition coefficient (Wildman–Crippen LogP) is 4.30. The zero-order chi connectivity index (χ0) is 21.9. The van der Waals surface area contributed by atoms with Crippen LogP contribution in [0.25, 0.3) is 32.9 Å². The van der Waals surface area contributed by atoms with Crippen molar-refractivity contribution in [3.8, 4) is 22.8 Å². The monoisotopic (exact) mass is 429 g/mol. The molecule has 4 heterocycles. The number of benzene rings is 1. The van der Waals surface area contributed by atoms with E-state index in [1.165, 1.54) is 25.9 Å². The summed E-state index contributed by atoms with van der Waals surface area (Å²) in [4.78, 5) is 15.9. The van der Waals surface area contributed by atoms with Crippen molar-refractivity contribution in [2.45, 2.75) is 19.3 Å². The summed E-state index contributed by atoms with van der Waals surface area (Å²) in [6.45, 7) is 4.13. The summed E-state index contributed by atoms with van der Waals surface area (Å²) < 4.78 is 11.7. The minimum Gasteiger partial charge on any atom is -0.493 e. The number of ether oxygens (including phenoxy) is 2. The van der Waals surface area contributed by atoms with E-state index in [1.807, 2.05) is 30.3 Å². The first kappa shape index (κ1) is 20.5. The summed E-state index contributed by atoms with van der Waals surface area (Å²) in [5.41, 5.74) is 8.80. The van der Waals surface area contributed by atoms with E-state index in [4.69, 9.17) is 15.2 Å². The molecule has 4 aromatic rings. The molecular formula is C25H27N5O2. The standard InChI is InChI=1S/C25H27N5O2/c1-31-23-13-19-18-12-21(17-6-4-7-27-15-17)29-25(26)20(18)16-28-22(19)14-24(23)32-11-5-10-30-8-2-3-9-30/h4,6-7,12-16H,2-3,5,8-11H2,1H3,(H2,26,29). The molecule has 0 atom stereocenters. The third kappa shape index (κ3) is 4.03. The SMILES string of the molecule is COc1cc2c(cc1OCCCN1CCCC1)ncc1c(N)nc(-c3cccnc3)cc12. The highest BCUT2D eigenvalue weighted by molar-refractivity contribution is 6.10. The van der Waals surface area contributed by atoms with Gasteiger partial charge in [-0.3, -0.25) is 9.97 Å². The van der Waals surface area contributed by atoms with Crippen molar-refractivity contribution in [3.63, 3.8) is 0 Å². The number of nitrogen functional groups attached to an aromatic ring is 1. The molecule has 3 aromatic heterocycles. The van der Waals surface area contributed by atoms with Gasteiger partial charge >= 0.3 is 0 Å². The van der Waals surface area contributed by atoms with Crippen LogP contribution in [0, 0.1) is 0 Å². The average Bonchev–Trinajstić information content (AvgIpc) is 3.35. The van der Waals surface area contributed by atoms with Crippen LogP contribution in [0.3, 0.4) is 0 Å². The van der Waals surface area contributed by atoms with Crippen molar-refractivity contribution >= 4 is 27.5 Å². The second-order valence-electron chi connectivity index (χ2n) is 8.12. The largest absolute Gasteiger partial charge is 0.493 e. The molecule has 7 heteroatoms. The minimum absolute atomic E-state index is 0.442. The highest BCUT2D eigenvalue weighted by atomic mass is 16.5. The Morgan fingerprint density at radius 3 is 2.69 bits per heavy atom. The van der Waals surface area contributed by atoms with Crippen LogP contribution >= 0.6 is 0 Å². The van der Waals surface area contributed by atoms with Crippen LogP contribution in [0.2, 0.25) is 0 Å². The molecule has 0 spiro atoms. The van der Waals surface area contributed by atoms with Gasteiger partial charge in [0.05, 0.1) is 24.9 Å². The van der Waals surface area contributed by atoms with Gasteiger partial charge in [0, 0.05) is 47.5 Å². The van der Waals surface area contributed by atoms with E-state index in [9.17, 15) is 0 Å². The van der Waals surface area contributed by atoms with Gasteiger partial charge < -0.3 is 20.1 Å². The average molecular weight is 430 g/mol. The van der Waals surface area contributed by atoms with E-state index in [1.54, 1.807) is 25.7 Å². The molecule has 0 radical (unpaired) electrons. The van der Waals surface area contributed by atoms with E-state index in [0.717, 1.165) is 45.9 Å². The Balaban J connectivity index is 1.48. The van der Waals surface area contributed by atoms with E-state index in [-0.39, 0.29) is 0 Å². The molecular weight excluding hydrogens is 402 g/mol. The van der Waals surface area contributed by atoms with Crippen LogP contribution in [0.4, 0.5) is 5.82 Å². The topological polar surface area (TPSA) is 86.4 Å². The predicted molar refractivity (Wildman–Crippen MR) is 127 cm³/mol. The van der Waals surface area contributed by atoms with E-state index < -0.39 is 0 Å². The molecule has 0 saturated carbocycles. The van der Waals surface area contributed by atoms with Crippen LogP contribution in [0.15, 0.2) is 48.9 Å². The molecule has 0 bridgehead atoms. The van der Waals surface area contributed by atoms with Crippen molar-refractivity contribution in [2.75, 3.05) is 39.1 Å². The molecule has 2 N–H and O–H groups in total. The summed E-state index contributed by atoms with van der Waals surface area (Å²) in [6.07, 6.45) is 8.90. The molecule has 1 aliphatic heterocycles. The fourth-order valence-electron chi connectivity index (χ4n) is 4.35. The Morgan fingerprint density at radius 1 is 1.03 bits per heavy atom. The van der Waals surface area contributed by atoms with Crippen LogP contribution in [-0.2, 0) is 0 Å². The highest BCUT2D eigenvalue weighted by Crippen LogP contribution is 2.37. The zero-order valence-corrected chi connectivity index (χ0v) is 18.3. The number of pyridine rings is 3. The second-order valence-corrected chi connectivity index (χ2v) is 8.12. The van der Waals surface area contributed by atoms with Crippen molar-refractivity contribution < 1.29 is 9.47 Å². The Hall–Kier alpha value is -3.45. The van der Waals surface area contributed by atoms with E-state index >= 15 is 0 Å². The number of anilines is 1. The lowest BCUT2D eigenvalue weighted by atomic mass is 10.0. The van der Waals surface area contributed by atoms with Crippen molar-refractivity contribution in [2.24, 2.45) is 0 Å². The fourth-order valence-corrected chi connectivity index (χ4v) is 4.35. The van der Waals surface area contributed by atoms with Crippen molar-refractivity contribution in [3.05, 3.63) is 48.9 Å². The summed E-state index contributed by atoms with van der Waals surface area (Å²) in [6, 6.07) is 9.82. The molecule has 32 heavy (non-hydrogen) atoms. The van der Waals surface area contributed by atoms with Gasteiger partial charge in [-0.2, -0.15) is 0 Å². The van der Waals surface area contributed by atoms with Crippen molar-refractivity contribution in [1.82, 2.24) is 19.9 Å². The maximum absolute atomic E-state index is 6.29. The molecule has 1 aromatic carbocycles. The zero-order valence-electron chi connectivity index (χ0n) is 18.3. The normalized spacial score (nSPS) is 14.3. The molecule has 1 fully saturated rings. The molecule has 0 amide bonds. The quantitative estimate of drug-likeness (QED) is 0.346. The maximum Gasteiger partial charge on any atom is 0.163 e. The molecule has 0 aliphatic carbocycles. The summed E-state index contributed by atoms with van der Waals surface area (Å²) in [7, 11) is 1.66. The van der Waals surface area contributed by atoms with Crippen LogP contribution < -0.4 is 15.2 Å². The van der Waals surface area contributed by atoms with Crippen LogP contribution in [-0.4, -0.2) is 53.2 Å². The third-order valence-electron chi connectivity index (χ3n) is 6.03. The van der Waals surface area contributed by atoms with E-state index in [2.05, 4.69) is 19.9 Å². The third-order valence-corrected chi connectivity index (χ3v) is 6.03. The summed E-state index contributed by atoms with van der Waals surface area (Å²) >= 11 is 0. The number of nitrogens with two attached hydrogens (primary N) is 1. The minimum atomic E-state index is 0.442. The number of rotatable bonds is 7. The number of hydrogen-bond donors (Lipinski definition) is 1. The van der Waals surface area contributed by atoms with Gasteiger partial charge in [0.1, 0.15) is 5.82 Å². The van der Waals surface area contributed by atoms with E-state index in [0.29, 0.717) is 23.9 Å². The van der Waals surface area contributed by atoms with Gasteiger partial charge in [-0.25, -0.2) is 4.98 Å². The van der Waals surface area contributed by atoms with Gasteiger partial charge in [-0.15, -0.1) is 0 Å². The highest BCUT2D eigenvalue weighted by Gasteiger charge is 2.15. The first-order valence-electron chi connectivity index (χ1n) is 11.1.